The first-order valence-corrected chi connectivity index (χ1v) is 14.8. The van der Waals surface area contributed by atoms with E-state index in [1.807, 2.05) is 74.0 Å². The number of H-pyrrole nitrogens is 2. The van der Waals surface area contributed by atoms with E-state index in [1.54, 1.807) is 0 Å². The van der Waals surface area contributed by atoms with Crippen molar-refractivity contribution in [2.24, 2.45) is 7.05 Å². The quantitative estimate of drug-likeness (QED) is 0.156. The highest BCUT2D eigenvalue weighted by atomic mass is 16.5. The number of hydrogen-bond acceptors (Lipinski definition) is 5. The number of nitrogens with zero attached hydrogens (tertiary/aromatic N) is 1. The Labute approximate surface area is 261 Å². The molecule has 6 rings (SSSR count). The molecule has 9 nitrogen and oxygen atoms in total. The van der Waals surface area contributed by atoms with Crippen LogP contribution in [0.15, 0.2) is 91.4 Å². The number of carbonyl (C=O) groups is 3. The zero-order chi connectivity index (χ0) is 32.2. The molecular formula is C36H39N3O6. The van der Waals surface area contributed by atoms with E-state index in [-0.39, 0.29) is 18.4 Å². The molecular weight excluding hydrogens is 570 g/mol. The molecule has 0 aliphatic rings. The molecule has 0 bridgehead atoms. The molecule has 3 aromatic carbocycles. The lowest BCUT2D eigenvalue weighted by molar-refractivity contribution is -0.141. The van der Waals surface area contributed by atoms with E-state index in [2.05, 4.69) is 48.4 Å². The highest BCUT2D eigenvalue weighted by Crippen LogP contribution is 2.22. The molecule has 0 saturated heterocycles. The van der Waals surface area contributed by atoms with Crippen molar-refractivity contribution in [2.45, 2.75) is 38.5 Å². The first-order valence-electron chi connectivity index (χ1n) is 14.8. The number of aliphatic carboxylic acids is 1. The number of methoxy groups -OCH3 is 2. The van der Waals surface area contributed by atoms with Gasteiger partial charge in [-0.3, -0.25) is 14.4 Å². The third kappa shape index (κ3) is 8.86. The smallest absolute Gasteiger partial charge is 0.305 e. The number of aromatic nitrogens is 3. The third-order valence-electron chi connectivity index (χ3n) is 7.59. The Morgan fingerprint density at radius 3 is 1.60 bits per heavy atom. The van der Waals surface area contributed by atoms with Gasteiger partial charge in [0.25, 0.3) is 0 Å². The van der Waals surface area contributed by atoms with Crippen LogP contribution in [0.25, 0.3) is 32.7 Å². The summed E-state index contributed by atoms with van der Waals surface area (Å²) in [6.45, 7) is 0. The van der Waals surface area contributed by atoms with Crippen molar-refractivity contribution in [2.75, 3.05) is 14.2 Å². The number of ether oxygens (including phenoxy) is 2. The van der Waals surface area contributed by atoms with Crippen LogP contribution in [-0.4, -0.2) is 51.8 Å². The van der Waals surface area contributed by atoms with E-state index < -0.39 is 5.97 Å². The van der Waals surface area contributed by atoms with Crippen LogP contribution in [0.5, 0.6) is 0 Å². The molecule has 45 heavy (non-hydrogen) atoms. The van der Waals surface area contributed by atoms with Crippen LogP contribution in [-0.2, 0) is 50.2 Å². The lowest BCUT2D eigenvalue weighted by atomic mass is 10.1. The third-order valence-corrected chi connectivity index (χ3v) is 7.59. The van der Waals surface area contributed by atoms with Crippen LogP contribution >= 0.6 is 0 Å². The molecule has 0 aliphatic carbocycles. The average molecular weight is 610 g/mol. The Morgan fingerprint density at radius 1 is 0.644 bits per heavy atom. The molecule has 3 N–H and O–H groups in total. The van der Waals surface area contributed by atoms with Crippen LogP contribution in [0, 0.1) is 0 Å². The van der Waals surface area contributed by atoms with Crippen LogP contribution in [0.2, 0.25) is 0 Å². The van der Waals surface area contributed by atoms with Gasteiger partial charge in [-0.1, -0.05) is 54.6 Å². The Morgan fingerprint density at radius 2 is 1.09 bits per heavy atom. The second kappa shape index (κ2) is 16.0. The number of nitrogens with one attached hydrogen (secondary N) is 2. The van der Waals surface area contributed by atoms with Gasteiger partial charge in [0.15, 0.2) is 0 Å². The monoisotopic (exact) mass is 609 g/mol. The number of fused-ring (bicyclic) bond motifs is 3. The second-order valence-electron chi connectivity index (χ2n) is 10.5. The predicted octanol–water partition coefficient (Wildman–Crippen LogP) is 6.74. The lowest BCUT2D eigenvalue weighted by Crippen LogP contribution is -2.01. The standard InChI is InChI=1S/C13H15NO2.C12H13NO2.C11H11NO2/c1-14-9-10(7-8-13(15)16-2)11-5-3-4-6-12(11)14;1-15-12(14)7-6-9-8-13-11-5-3-2-4-10(9)11;13-11(14)6-5-8-7-12-10-4-2-1-3-9(8)10/h3-6,9H,7-8H2,1-2H3;2-5,8,13H,6-7H2,1H3;1-4,7,12H,5-6H2,(H,13,14). The molecule has 0 atom stereocenters. The number of para-hydroxylation sites is 3. The fraction of sp³-hybridized carbons (Fsp3) is 0.250. The van der Waals surface area contributed by atoms with Crippen molar-refractivity contribution in [1.82, 2.24) is 14.5 Å². The van der Waals surface area contributed by atoms with Gasteiger partial charge >= 0.3 is 17.9 Å². The van der Waals surface area contributed by atoms with Crippen LogP contribution < -0.4 is 0 Å². The van der Waals surface area contributed by atoms with Crippen molar-refractivity contribution < 1.29 is 29.0 Å². The number of aromatic amines is 2. The molecule has 3 aromatic heterocycles. The van der Waals surface area contributed by atoms with Gasteiger partial charge in [-0.15, -0.1) is 0 Å². The predicted molar refractivity (Wildman–Crippen MR) is 176 cm³/mol. The molecule has 6 aromatic rings. The number of benzene rings is 3. The summed E-state index contributed by atoms with van der Waals surface area (Å²) in [7, 11) is 4.85. The number of esters is 2. The van der Waals surface area contributed by atoms with Gasteiger partial charge in [-0.25, -0.2) is 0 Å². The summed E-state index contributed by atoms with van der Waals surface area (Å²) in [4.78, 5) is 38.8. The molecule has 0 saturated carbocycles. The Kier molecular flexibility index (Phi) is 11.6. The van der Waals surface area contributed by atoms with E-state index in [9.17, 15) is 14.4 Å². The Hall–Kier alpha value is -5.31. The minimum atomic E-state index is -0.754. The van der Waals surface area contributed by atoms with Gasteiger partial charge in [-0.05, 0) is 54.2 Å². The Bertz CT molecular complexity index is 1880. The number of carboxylic acid groups (broad SMARTS) is 1. The average Bonchev–Trinajstić information content (AvgIpc) is 3.77. The van der Waals surface area contributed by atoms with Gasteiger partial charge in [0.05, 0.1) is 14.2 Å². The maximum Gasteiger partial charge on any atom is 0.305 e. The molecule has 0 amide bonds. The van der Waals surface area contributed by atoms with Gasteiger partial charge in [0.1, 0.15) is 0 Å². The van der Waals surface area contributed by atoms with E-state index in [0.717, 1.165) is 40.4 Å². The van der Waals surface area contributed by atoms with Crippen molar-refractivity contribution in [1.29, 1.82) is 0 Å². The first kappa shape index (κ1) is 32.6. The van der Waals surface area contributed by atoms with Crippen molar-refractivity contribution >= 4 is 50.6 Å². The van der Waals surface area contributed by atoms with E-state index in [1.165, 1.54) is 36.1 Å². The molecule has 0 radical (unpaired) electrons. The van der Waals surface area contributed by atoms with Gasteiger partial charge in [0, 0.05) is 77.6 Å². The van der Waals surface area contributed by atoms with Crippen LogP contribution in [0.3, 0.4) is 0 Å². The summed E-state index contributed by atoms with van der Waals surface area (Å²) >= 11 is 0. The van der Waals surface area contributed by atoms with E-state index in [4.69, 9.17) is 5.11 Å². The normalized spacial score (nSPS) is 10.6. The summed E-state index contributed by atoms with van der Waals surface area (Å²) in [6.07, 6.45) is 8.99. The zero-order valence-electron chi connectivity index (χ0n) is 25.8. The topological polar surface area (TPSA) is 126 Å². The van der Waals surface area contributed by atoms with Crippen molar-refractivity contribution in [3.63, 3.8) is 0 Å². The fourth-order valence-corrected chi connectivity index (χ4v) is 5.22. The van der Waals surface area contributed by atoms with Gasteiger partial charge in [-0.2, -0.15) is 0 Å². The number of aryl methyl sites for hydroxylation is 4. The van der Waals surface area contributed by atoms with Crippen molar-refractivity contribution in [3.05, 3.63) is 108 Å². The molecule has 0 spiro atoms. The largest absolute Gasteiger partial charge is 0.481 e. The SMILES string of the molecule is COC(=O)CCc1c[nH]c2ccccc12.COC(=O)CCc1cn(C)c2ccccc12.O=C(O)CCc1c[nH]c2ccccc12. The van der Waals surface area contributed by atoms with Gasteiger partial charge < -0.3 is 29.1 Å². The summed E-state index contributed by atoms with van der Waals surface area (Å²) < 4.78 is 11.3. The summed E-state index contributed by atoms with van der Waals surface area (Å²) in [5.74, 6) is -1.08. The summed E-state index contributed by atoms with van der Waals surface area (Å²) in [5, 5.41) is 12.1. The molecule has 3 heterocycles. The van der Waals surface area contributed by atoms with Crippen LogP contribution in [0.1, 0.15) is 36.0 Å². The number of hydrogen-bond donors (Lipinski definition) is 3. The van der Waals surface area contributed by atoms with E-state index >= 15 is 0 Å². The zero-order valence-corrected chi connectivity index (χ0v) is 25.8. The minimum absolute atomic E-state index is 0.159. The summed E-state index contributed by atoms with van der Waals surface area (Å²) in [5.41, 5.74) is 6.80. The number of rotatable bonds is 9. The van der Waals surface area contributed by atoms with Crippen molar-refractivity contribution in [3.8, 4) is 0 Å². The molecule has 9 heteroatoms. The highest BCUT2D eigenvalue weighted by molar-refractivity contribution is 5.85. The lowest BCUT2D eigenvalue weighted by Gasteiger charge is -1.98. The first-order chi connectivity index (χ1) is 21.8. The maximum atomic E-state index is 11.1. The van der Waals surface area contributed by atoms with Gasteiger partial charge in [0.2, 0.25) is 0 Å². The minimum Gasteiger partial charge on any atom is -0.481 e. The molecule has 0 aliphatic heterocycles. The Balaban J connectivity index is 0.000000154. The molecule has 234 valence electrons. The molecule has 0 unspecified atom stereocenters. The fourth-order valence-electron chi connectivity index (χ4n) is 5.22. The summed E-state index contributed by atoms with van der Waals surface area (Å²) in [6, 6.07) is 24.2. The maximum absolute atomic E-state index is 11.1. The molecule has 0 fully saturated rings. The van der Waals surface area contributed by atoms with Crippen LogP contribution in [0.4, 0.5) is 0 Å². The highest BCUT2D eigenvalue weighted by Gasteiger charge is 2.09. The number of carbonyl (C=O) groups excluding carboxylic acids is 2. The van der Waals surface area contributed by atoms with E-state index in [0.29, 0.717) is 19.3 Å². The second-order valence-corrected chi connectivity index (χ2v) is 10.5. The number of carboxylic acids is 1.